The molecule has 10 heteroatoms. The molecule has 2 aliphatic rings. The van der Waals surface area contributed by atoms with E-state index in [4.69, 9.17) is 6.57 Å². The van der Waals surface area contributed by atoms with Gasteiger partial charge in [-0.3, -0.25) is 14.5 Å². The summed E-state index contributed by atoms with van der Waals surface area (Å²) in [6.07, 6.45) is -3.98. The molecule has 0 aliphatic carbocycles. The van der Waals surface area contributed by atoms with Gasteiger partial charge in [0.15, 0.2) is 0 Å². The van der Waals surface area contributed by atoms with Gasteiger partial charge in [0, 0.05) is 25.3 Å². The number of piperidine rings is 1. The van der Waals surface area contributed by atoms with Crippen molar-refractivity contribution in [1.29, 1.82) is 0 Å². The van der Waals surface area contributed by atoms with Crippen molar-refractivity contribution >= 4 is 11.7 Å². The number of carbonyl (C=O) groups is 1. The second-order valence-corrected chi connectivity index (χ2v) is 7.03. The zero-order valence-corrected chi connectivity index (χ0v) is 15.1. The third-order valence-electron chi connectivity index (χ3n) is 5.13. The van der Waals surface area contributed by atoms with E-state index in [0.29, 0.717) is 31.7 Å². The number of anilines is 1. The number of hydrogen-bond acceptors (Lipinski definition) is 4. The number of halogens is 4. The van der Waals surface area contributed by atoms with Crippen LogP contribution in [0.25, 0.3) is 4.85 Å². The molecule has 28 heavy (non-hydrogen) atoms. The lowest BCUT2D eigenvalue weighted by atomic mass is 10.0. The maximum absolute atomic E-state index is 13.4. The SMILES string of the molecule is [C-]#[N+][C@@H]1C[C@H](F)CN1C(=O)CNC1CCN(c2ccc(C(F)(F)F)cn2)CC1. The van der Waals surface area contributed by atoms with Crippen LogP contribution in [-0.2, 0) is 11.0 Å². The summed E-state index contributed by atoms with van der Waals surface area (Å²) >= 11 is 0. The van der Waals surface area contributed by atoms with Crippen molar-refractivity contribution in [2.75, 3.05) is 31.1 Å². The van der Waals surface area contributed by atoms with Gasteiger partial charge >= 0.3 is 12.3 Å². The first-order valence-electron chi connectivity index (χ1n) is 9.09. The number of pyridine rings is 1. The van der Waals surface area contributed by atoms with Crippen LogP contribution in [0.3, 0.4) is 0 Å². The topological polar surface area (TPSA) is 52.8 Å². The molecule has 152 valence electrons. The molecular formula is C18H21F4N5O. The molecular weight excluding hydrogens is 378 g/mol. The Bertz CT molecular complexity index is 725. The fourth-order valence-electron chi connectivity index (χ4n) is 3.54. The van der Waals surface area contributed by atoms with Crippen molar-refractivity contribution in [1.82, 2.24) is 15.2 Å². The molecule has 2 saturated heterocycles. The van der Waals surface area contributed by atoms with E-state index in [1.807, 2.05) is 4.90 Å². The minimum atomic E-state index is -4.40. The summed E-state index contributed by atoms with van der Waals surface area (Å²) in [4.78, 5) is 22.6. The number of rotatable bonds is 4. The van der Waals surface area contributed by atoms with Crippen LogP contribution in [0.5, 0.6) is 0 Å². The standard InChI is InChI=1S/C18H21F4N5O/c1-23-16-8-13(19)11-27(16)17(28)10-24-14-4-6-26(7-5-14)15-3-2-12(9-25-15)18(20,21)22/h2-3,9,13-14,16,24H,4-8,10-11H2/t13-,16-/m0/s1. The van der Waals surface area contributed by atoms with Gasteiger partial charge in [0.1, 0.15) is 12.0 Å². The molecule has 0 radical (unpaired) electrons. The minimum absolute atomic E-state index is 0.0361. The second-order valence-electron chi connectivity index (χ2n) is 7.03. The maximum atomic E-state index is 13.4. The fourth-order valence-corrected chi connectivity index (χ4v) is 3.54. The normalized spacial score (nSPS) is 23.7. The Kier molecular flexibility index (Phi) is 6.03. The van der Waals surface area contributed by atoms with Crippen LogP contribution in [0, 0.1) is 6.57 Å². The summed E-state index contributed by atoms with van der Waals surface area (Å²) < 4.78 is 51.3. The highest BCUT2D eigenvalue weighted by atomic mass is 19.4. The molecule has 3 heterocycles. The number of aromatic nitrogens is 1. The van der Waals surface area contributed by atoms with E-state index < -0.39 is 24.1 Å². The van der Waals surface area contributed by atoms with Crippen molar-refractivity contribution in [3.05, 3.63) is 35.3 Å². The predicted octanol–water partition coefficient (Wildman–Crippen LogP) is 2.47. The third kappa shape index (κ3) is 4.70. The molecule has 2 aliphatic heterocycles. The van der Waals surface area contributed by atoms with Crippen LogP contribution >= 0.6 is 0 Å². The van der Waals surface area contributed by atoms with E-state index >= 15 is 0 Å². The van der Waals surface area contributed by atoms with Gasteiger partial charge in [-0.15, -0.1) is 0 Å². The van der Waals surface area contributed by atoms with Gasteiger partial charge in [0.25, 0.3) is 0 Å². The number of nitrogens with zero attached hydrogens (tertiary/aromatic N) is 4. The fraction of sp³-hybridized carbons (Fsp3) is 0.611. The maximum Gasteiger partial charge on any atom is 0.417 e. The summed E-state index contributed by atoms with van der Waals surface area (Å²) in [5.74, 6) is 0.210. The summed E-state index contributed by atoms with van der Waals surface area (Å²) in [6.45, 7) is 8.28. The van der Waals surface area contributed by atoms with Crippen molar-refractivity contribution < 1.29 is 22.4 Å². The quantitative estimate of drug-likeness (QED) is 0.624. The molecule has 3 rings (SSSR count). The first kappa shape index (κ1) is 20.3. The van der Waals surface area contributed by atoms with Crippen molar-refractivity contribution in [2.24, 2.45) is 0 Å². The number of likely N-dealkylation sites (tertiary alicyclic amines) is 1. The van der Waals surface area contributed by atoms with Crippen LogP contribution in [0.2, 0.25) is 0 Å². The van der Waals surface area contributed by atoms with Gasteiger partial charge in [-0.25, -0.2) is 15.9 Å². The average molecular weight is 399 g/mol. The molecule has 1 amide bonds. The van der Waals surface area contributed by atoms with Crippen LogP contribution in [-0.4, -0.2) is 60.3 Å². The van der Waals surface area contributed by atoms with E-state index in [2.05, 4.69) is 15.1 Å². The van der Waals surface area contributed by atoms with E-state index in [9.17, 15) is 22.4 Å². The highest BCUT2D eigenvalue weighted by Crippen LogP contribution is 2.29. The Labute approximate surface area is 160 Å². The van der Waals surface area contributed by atoms with Crippen molar-refractivity contribution in [3.8, 4) is 0 Å². The number of alkyl halides is 4. The van der Waals surface area contributed by atoms with E-state index in [0.717, 1.165) is 12.3 Å². The number of amides is 1. The van der Waals surface area contributed by atoms with Gasteiger partial charge < -0.3 is 10.2 Å². The molecule has 2 atom stereocenters. The number of carbonyl (C=O) groups excluding carboxylic acids is 1. The predicted molar refractivity (Wildman–Crippen MR) is 94.1 cm³/mol. The Morgan fingerprint density at radius 3 is 2.61 bits per heavy atom. The largest absolute Gasteiger partial charge is 0.417 e. The molecule has 1 aromatic heterocycles. The van der Waals surface area contributed by atoms with E-state index in [1.54, 1.807) is 0 Å². The molecule has 0 spiro atoms. The minimum Gasteiger partial charge on any atom is -0.357 e. The highest BCUT2D eigenvalue weighted by molar-refractivity contribution is 5.79. The van der Waals surface area contributed by atoms with Crippen LogP contribution < -0.4 is 10.2 Å². The lowest BCUT2D eigenvalue weighted by Crippen LogP contribution is -2.47. The lowest BCUT2D eigenvalue weighted by molar-refractivity contribution is -0.137. The van der Waals surface area contributed by atoms with Gasteiger partial charge in [-0.1, -0.05) is 0 Å². The van der Waals surface area contributed by atoms with E-state index in [-0.39, 0.29) is 31.5 Å². The number of nitrogens with one attached hydrogen (secondary N) is 1. The Morgan fingerprint density at radius 2 is 2.04 bits per heavy atom. The monoisotopic (exact) mass is 399 g/mol. The second kappa shape index (κ2) is 8.31. The lowest BCUT2D eigenvalue weighted by Gasteiger charge is -2.33. The smallest absolute Gasteiger partial charge is 0.357 e. The first-order chi connectivity index (χ1) is 13.3. The Morgan fingerprint density at radius 1 is 1.32 bits per heavy atom. The molecule has 2 fully saturated rings. The summed E-state index contributed by atoms with van der Waals surface area (Å²) in [6, 6.07) is 2.46. The summed E-state index contributed by atoms with van der Waals surface area (Å²) in [5, 5.41) is 3.15. The van der Waals surface area contributed by atoms with Gasteiger partial charge in [-0.2, -0.15) is 13.2 Å². The molecule has 6 nitrogen and oxygen atoms in total. The highest BCUT2D eigenvalue weighted by Gasteiger charge is 2.39. The Balaban J connectivity index is 1.45. The number of hydrogen-bond donors (Lipinski definition) is 1. The van der Waals surface area contributed by atoms with Crippen LogP contribution in [0.1, 0.15) is 24.8 Å². The molecule has 0 unspecified atom stereocenters. The van der Waals surface area contributed by atoms with E-state index in [1.165, 1.54) is 11.0 Å². The Hall–Kier alpha value is -2.41. The van der Waals surface area contributed by atoms with Crippen molar-refractivity contribution in [2.45, 2.75) is 43.8 Å². The van der Waals surface area contributed by atoms with Crippen LogP contribution in [0.4, 0.5) is 23.4 Å². The molecule has 0 aromatic carbocycles. The molecule has 1 N–H and O–H groups in total. The molecule has 1 aromatic rings. The summed E-state index contributed by atoms with van der Waals surface area (Å²) in [7, 11) is 0. The third-order valence-corrected chi connectivity index (χ3v) is 5.13. The molecule has 0 saturated carbocycles. The average Bonchev–Trinajstić information content (AvgIpc) is 3.07. The van der Waals surface area contributed by atoms with Crippen LogP contribution in [0.15, 0.2) is 18.3 Å². The van der Waals surface area contributed by atoms with Gasteiger partial charge in [0.05, 0.1) is 25.1 Å². The first-order valence-corrected chi connectivity index (χ1v) is 9.09. The van der Waals surface area contributed by atoms with Gasteiger partial charge in [-0.05, 0) is 25.0 Å². The zero-order chi connectivity index (χ0) is 20.3. The summed E-state index contributed by atoms with van der Waals surface area (Å²) in [5.41, 5.74) is -0.776. The molecule has 0 bridgehead atoms. The zero-order valence-electron chi connectivity index (χ0n) is 15.1. The van der Waals surface area contributed by atoms with Crippen molar-refractivity contribution in [3.63, 3.8) is 0 Å². The van der Waals surface area contributed by atoms with Gasteiger partial charge in [0.2, 0.25) is 5.91 Å².